The van der Waals surface area contributed by atoms with E-state index < -0.39 is 10.0 Å². The van der Waals surface area contributed by atoms with Crippen molar-refractivity contribution >= 4 is 15.9 Å². The SMILES string of the molecule is COc1ccc(S(=O)(=O)NCCC2CCN(C(=O)c3ccc(F)cc3)CC2)cc1OC. The number of nitrogens with one attached hydrogen (secondary N) is 1. The second-order valence-corrected chi connectivity index (χ2v) is 9.21. The van der Waals surface area contributed by atoms with Gasteiger partial charge in [-0.15, -0.1) is 0 Å². The fraction of sp³-hybridized carbons (Fsp3) is 0.409. The van der Waals surface area contributed by atoms with Gasteiger partial charge >= 0.3 is 0 Å². The highest BCUT2D eigenvalue weighted by atomic mass is 32.2. The molecule has 0 spiro atoms. The summed E-state index contributed by atoms with van der Waals surface area (Å²) in [6.07, 6.45) is 2.28. The number of carbonyl (C=O) groups excluding carboxylic acids is 1. The number of rotatable bonds is 8. The first-order chi connectivity index (χ1) is 14.8. The van der Waals surface area contributed by atoms with E-state index in [9.17, 15) is 17.6 Å². The zero-order valence-electron chi connectivity index (χ0n) is 17.6. The summed E-state index contributed by atoms with van der Waals surface area (Å²) in [5.41, 5.74) is 0.475. The van der Waals surface area contributed by atoms with Gasteiger partial charge in [0.15, 0.2) is 11.5 Å². The Morgan fingerprint density at radius 1 is 1.06 bits per heavy atom. The van der Waals surface area contributed by atoms with Crippen molar-refractivity contribution in [3.05, 3.63) is 53.8 Å². The monoisotopic (exact) mass is 450 g/mol. The molecule has 9 heteroatoms. The van der Waals surface area contributed by atoms with Gasteiger partial charge in [-0.3, -0.25) is 4.79 Å². The third kappa shape index (κ3) is 5.74. The van der Waals surface area contributed by atoms with Crippen LogP contribution >= 0.6 is 0 Å². The average Bonchev–Trinajstić information content (AvgIpc) is 2.79. The van der Waals surface area contributed by atoms with E-state index >= 15 is 0 Å². The van der Waals surface area contributed by atoms with E-state index in [1.807, 2.05) is 0 Å². The van der Waals surface area contributed by atoms with E-state index in [2.05, 4.69) is 4.72 Å². The largest absolute Gasteiger partial charge is 0.493 e. The van der Waals surface area contributed by atoms with Gasteiger partial charge in [-0.2, -0.15) is 0 Å². The number of amides is 1. The Hall–Kier alpha value is -2.65. The van der Waals surface area contributed by atoms with Crippen LogP contribution in [-0.4, -0.2) is 53.1 Å². The zero-order chi connectivity index (χ0) is 22.4. The standard InChI is InChI=1S/C22H27FN2O5S/c1-29-20-8-7-19(15-21(20)30-2)31(27,28)24-12-9-16-10-13-25(14-11-16)22(26)17-3-5-18(23)6-4-17/h3-8,15-16,24H,9-14H2,1-2H3. The lowest BCUT2D eigenvalue weighted by Gasteiger charge is -2.32. The molecule has 1 fully saturated rings. The molecule has 1 N–H and O–H groups in total. The highest BCUT2D eigenvalue weighted by Crippen LogP contribution is 2.29. The first-order valence-corrected chi connectivity index (χ1v) is 11.6. The number of nitrogens with zero attached hydrogens (tertiary/aromatic N) is 1. The molecule has 0 aromatic heterocycles. The summed E-state index contributed by atoms with van der Waals surface area (Å²) in [4.78, 5) is 14.4. The van der Waals surface area contributed by atoms with Crippen LogP contribution in [0.3, 0.4) is 0 Å². The molecule has 0 aliphatic carbocycles. The Balaban J connectivity index is 1.48. The maximum Gasteiger partial charge on any atom is 0.253 e. The van der Waals surface area contributed by atoms with E-state index in [0.717, 1.165) is 12.8 Å². The van der Waals surface area contributed by atoms with Crippen LogP contribution in [0.4, 0.5) is 4.39 Å². The zero-order valence-corrected chi connectivity index (χ0v) is 18.5. The summed E-state index contributed by atoms with van der Waals surface area (Å²) in [5, 5.41) is 0. The van der Waals surface area contributed by atoms with Crippen molar-refractivity contribution in [2.45, 2.75) is 24.2 Å². The van der Waals surface area contributed by atoms with Gasteiger partial charge in [0, 0.05) is 31.3 Å². The smallest absolute Gasteiger partial charge is 0.253 e. The highest BCUT2D eigenvalue weighted by molar-refractivity contribution is 7.89. The molecular formula is C22H27FN2O5S. The number of benzene rings is 2. The van der Waals surface area contributed by atoms with Gasteiger partial charge in [0.05, 0.1) is 19.1 Å². The fourth-order valence-corrected chi connectivity index (χ4v) is 4.73. The first kappa shape index (κ1) is 23.0. The summed E-state index contributed by atoms with van der Waals surface area (Å²) in [6, 6.07) is 10.0. The van der Waals surface area contributed by atoms with Crippen molar-refractivity contribution in [3.63, 3.8) is 0 Å². The third-order valence-electron chi connectivity index (χ3n) is 5.50. The van der Waals surface area contributed by atoms with Crippen LogP contribution in [0.15, 0.2) is 47.4 Å². The van der Waals surface area contributed by atoms with Crippen LogP contribution in [0.1, 0.15) is 29.6 Å². The van der Waals surface area contributed by atoms with E-state index in [1.54, 1.807) is 11.0 Å². The van der Waals surface area contributed by atoms with Crippen molar-refractivity contribution in [2.75, 3.05) is 33.9 Å². The molecule has 1 aliphatic rings. The predicted molar refractivity (Wildman–Crippen MR) is 114 cm³/mol. The molecule has 168 valence electrons. The number of halogens is 1. The quantitative estimate of drug-likeness (QED) is 0.668. The number of hydrogen-bond donors (Lipinski definition) is 1. The molecular weight excluding hydrogens is 423 g/mol. The molecule has 2 aromatic rings. The normalized spacial score (nSPS) is 15.0. The molecule has 3 rings (SSSR count). The molecule has 0 unspecified atom stereocenters. The van der Waals surface area contributed by atoms with Crippen LogP contribution in [0.25, 0.3) is 0 Å². The Morgan fingerprint density at radius 2 is 1.71 bits per heavy atom. The van der Waals surface area contributed by atoms with Crippen molar-refractivity contribution in [2.24, 2.45) is 5.92 Å². The van der Waals surface area contributed by atoms with Crippen LogP contribution in [0.5, 0.6) is 11.5 Å². The Bertz CT molecular complexity index is 1000. The maximum absolute atomic E-state index is 13.0. The molecule has 7 nitrogen and oxygen atoms in total. The van der Waals surface area contributed by atoms with Gasteiger partial charge in [0.1, 0.15) is 5.82 Å². The number of methoxy groups -OCH3 is 2. The topological polar surface area (TPSA) is 84.9 Å². The van der Waals surface area contributed by atoms with Gasteiger partial charge in [0.2, 0.25) is 10.0 Å². The van der Waals surface area contributed by atoms with E-state index in [-0.39, 0.29) is 16.6 Å². The summed E-state index contributed by atoms with van der Waals surface area (Å²) in [5.74, 6) is 0.663. The highest BCUT2D eigenvalue weighted by Gasteiger charge is 2.24. The minimum absolute atomic E-state index is 0.104. The molecule has 1 saturated heterocycles. The number of carbonyl (C=O) groups is 1. The molecule has 1 heterocycles. The Labute approximate surface area is 182 Å². The number of piperidine rings is 1. The summed E-state index contributed by atoms with van der Waals surface area (Å²) < 4.78 is 51.1. The van der Waals surface area contributed by atoms with E-state index in [4.69, 9.17) is 9.47 Å². The lowest BCUT2D eigenvalue weighted by Crippen LogP contribution is -2.39. The molecule has 1 aliphatic heterocycles. The molecule has 0 atom stereocenters. The number of sulfonamides is 1. The van der Waals surface area contributed by atoms with Gasteiger partial charge in [-0.1, -0.05) is 0 Å². The van der Waals surface area contributed by atoms with Gasteiger partial charge in [-0.05, 0) is 61.6 Å². The Morgan fingerprint density at radius 3 is 2.32 bits per heavy atom. The van der Waals surface area contributed by atoms with Gasteiger partial charge in [-0.25, -0.2) is 17.5 Å². The first-order valence-electron chi connectivity index (χ1n) is 10.1. The maximum atomic E-state index is 13.0. The Kier molecular flexibility index (Phi) is 7.50. The van der Waals surface area contributed by atoms with Crippen molar-refractivity contribution in [3.8, 4) is 11.5 Å². The molecule has 0 radical (unpaired) electrons. The number of ether oxygens (including phenoxy) is 2. The predicted octanol–water partition coefficient (Wildman–Crippen LogP) is 3.06. The van der Waals surface area contributed by atoms with E-state index in [0.29, 0.717) is 49.0 Å². The fourth-order valence-electron chi connectivity index (χ4n) is 3.66. The summed E-state index contributed by atoms with van der Waals surface area (Å²) >= 11 is 0. The van der Waals surface area contributed by atoms with Gasteiger partial charge in [0.25, 0.3) is 5.91 Å². The molecule has 31 heavy (non-hydrogen) atoms. The molecule has 2 aromatic carbocycles. The molecule has 0 bridgehead atoms. The molecule has 1 amide bonds. The second-order valence-electron chi connectivity index (χ2n) is 7.45. The van der Waals surface area contributed by atoms with Crippen LogP contribution < -0.4 is 14.2 Å². The lowest BCUT2D eigenvalue weighted by atomic mass is 9.93. The van der Waals surface area contributed by atoms with Gasteiger partial charge < -0.3 is 14.4 Å². The number of hydrogen-bond acceptors (Lipinski definition) is 5. The van der Waals surface area contributed by atoms with Crippen molar-refractivity contribution < 1.29 is 27.1 Å². The summed E-state index contributed by atoms with van der Waals surface area (Å²) in [7, 11) is -0.721. The third-order valence-corrected chi connectivity index (χ3v) is 6.96. The second kappa shape index (κ2) is 10.1. The number of likely N-dealkylation sites (tertiary alicyclic amines) is 1. The minimum Gasteiger partial charge on any atom is -0.493 e. The average molecular weight is 451 g/mol. The van der Waals surface area contributed by atoms with Crippen LogP contribution in [-0.2, 0) is 10.0 Å². The lowest BCUT2D eigenvalue weighted by molar-refractivity contribution is 0.0687. The van der Waals surface area contributed by atoms with Crippen molar-refractivity contribution in [1.29, 1.82) is 0 Å². The minimum atomic E-state index is -3.66. The van der Waals surface area contributed by atoms with Crippen molar-refractivity contribution in [1.82, 2.24) is 9.62 Å². The van der Waals surface area contributed by atoms with Crippen LogP contribution in [0.2, 0.25) is 0 Å². The van der Waals surface area contributed by atoms with E-state index in [1.165, 1.54) is 50.6 Å². The summed E-state index contributed by atoms with van der Waals surface area (Å²) in [6.45, 7) is 1.51. The molecule has 0 saturated carbocycles. The van der Waals surface area contributed by atoms with Crippen LogP contribution in [0, 0.1) is 11.7 Å².